The van der Waals surface area contributed by atoms with E-state index in [4.69, 9.17) is 5.73 Å². The first-order valence-corrected chi connectivity index (χ1v) is 11.4. The van der Waals surface area contributed by atoms with Crippen LogP contribution in [0.25, 0.3) is 16.6 Å². The van der Waals surface area contributed by atoms with Crippen LogP contribution in [0.2, 0.25) is 0 Å². The number of halogens is 2. The summed E-state index contributed by atoms with van der Waals surface area (Å²) in [5.74, 6) is -0.712. The van der Waals surface area contributed by atoms with Gasteiger partial charge in [-0.3, -0.25) is 9.59 Å². The molecule has 5 rings (SSSR count). The summed E-state index contributed by atoms with van der Waals surface area (Å²) in [6, 6.07) is 3.71. The van der Waals surface area contributed by atoms with E-state index < -0.39 is 17.9 Å². The lowest BCUT2D eigenvalue weighted by Gasteiger charge is -2.22. The number of hydrogen-bond acceptors (Lipinski definition) is 6. The minimum absolute atomic E-state index is 0.0982. The van der Waals surface area contributed by atoms with Crippen LogP contribution in [0.3, 0.4) is 0 Å². The molecule has 182 valence electrons. The Kier molecular flexibility index (Phi) is 5.42. The molecule has 2 aliphatic rings. The first-order valence-electron chi connectivity index (χ1n) is 11.4. The Morgan fingerprint density at radius 1 is 1.26 bits per heavy atom. The quantitative estimate of drug-likeness (QED) is 0.532. The molecule has 2 fully saturated rings. The fourth-order valence-corrected chi connectivity index (χ4v) is 4.75. The van der Waals surface area contributed by atoms with E-state index in [1.54, 1.807) is 17.2 Å². The van der Waals surface area contributed by atoms with Gasteiger partial charge in [0, 0.05) is 42.7 Å². The Morgan fingerprint density at radius 2 is 2.03 bits per heavy atom. The van der Waals surface area contributed by atoms with Gasteiger partial charge < -0.3 is 16.0 Å². The molecule has 1 aliphatic carbocycles. The third kappa shape index (κ3) is 3.86. The highest BCUT2D eigenvalue weighted by Gasteiger charge is 2.54. The molecule has 3 N–H and O–H groups in total. The minimum Gasteiger partial charge on any atom is -0.378 e. The Morgan fingerprint density at radius 3 is 2.63 bits per heavy atom. The van der Waals surface area contributed by atoms with Crippen LogP contribution >= 0.6 is 0 Å². The number of nitrogens with zero attached hydrogens (tertiary/aromatic N) is 6. The monoisotopic (exact) mass is 482 g/mol. The fourth-order valence-electron chi connectivity index (χ4n) is 4.75. The summed E-state index contributed by atoms with van der Waals surface area (Å²) in [6.45, 7) is 0.176. The van der Waals surface area contributed by atoms with E-state index >= 15 is 0 Å². The van der Waals surface area contributed by atoms with E-state index in [0.29, 0.717) is 52.9 Å². The molecule has 35 heavy (non-hydrogen) atoms. The molecule has 4 heterocycles. The van der Waals surface area contributed by atoms with Gasteiger partial charge in [0.25, 0.3) is 5.91 Å². The highest BCUT2D eigenvalue weighted by molar-refractivity contribution is 6.02. The normalized spacial score (nSPS) is 20.8. The van der Waals surface area contributed by atoms with Crippen LogP contribution in [-0.4, -0.2) is 55.2 Å². The van der Waals surface area contributed by atoms with Crippen molar-refractivity contribution in [3.05, 3.63) is 36.4 Å². The van der Waals surface area contributed by atoms with E-state index in [1.165, 1.54) is 23.1 Å². The number of nitriles is 1. The summed E-state index contributed by atoms with van der Waals surface area (Å²) in [6.07, 6.45) is 7.53. The zero-order valence-corrected chi connectivity index (χ0v) is 19.0. The number of nitrogens with one attached hydrogen (secondary N) is 1. The summed E-state index contributed by atoms with van der Waals surface area (Å²) in [5, 5.41) is 20.8. The maximum absolute atomic E-state index is 13.0. The number of carbonyl (C=O) groups is 2. The van der Waals surface area contributed by atoms with Gasteiger partial charge in [0.05, 0.1) is 35.2 Å². The molecule has 3 aromatic rings. The third-order valence-corrected chi connectivity index (χ3v) is 6.99. The molecule has 0 aromatic carbocycles. The molecule has 0 radical (unpaired) electrons. The number of nitrogens with two attached hydrogens (primary N) is 1. The Balaban J connectivity index is 1.49. The molecule has 1 aliphatic heterocycles. The van der Waals surface area contributed by atoms with Crippen molar-refractivity contribution in [2.75, 3.05) is 18.4 Å². The van der Waals surface area contributed by atoms with Gasteiger partial charge in [0.1, 0.15) is 5.41 Å². The topological polar surface area (TPSA) is 134 Å². The van der Waals surface area contributed by atoms with Gasteiger partial charge in [-0.2, -0.15) is 24.2 Å². The Bertz CT molecular complexity index is 1350. The number of alkyl halides is 2. The standard InChI is InChI=1S/C23H24F2N8O2/c1-2-13-8-31(21(35)23(12-26)3-4-23)11-17(13)30-19-16(20(27)34)7-29-32-9-14(5-18(19)32)15-6-28-33(10-15)22(24)25/h5-7,9-10,13,17,22,30H,2-4,8,11H2,1H3,(H2,27,34)/t13-,17+/m0/s1. The molecule has 2 atom stereocenters. The minimum atomic E-state index is -2.76. The molecule has 0 bridgehead atoms. The van der Waals surface area contributed by atoms with Crippen LogP contribution in [0.15, 0.2) is 30.9 Å². The zero-order valence-electron chi connectivity index (χ0n) is 19.0. The lowest BCUT2D eigenvalue weighted by atomic mass is 10.00. The summed E-state index contributed by atoms with van der Waals surface area (Å²) < 4.78 is 28.0. The van der Waals surface area contributed by atoms with Crippen molar-refractivity contribution in [3.8, 4) is 17.2 Å². The van der Waals surface area contributed by atoms with E-state index in [-0.39, 0.29) is 23.4 Å². The first-order chi connectivity index (χ1) is 16.8. The number of carbonyl (C=O) groups excluding carboxylic acids is 2. The number of hydrogen-bond donors (Lipinski definition) is 2. The van der Waals surface area contributed by atoms with Crippen LogP contribution in [-0.2, 0) is 4.79 Å². The average molecular weight is 482 g/mol. The predicted octanol–water partition coefficient (Wildman–Crippen LogP) is 2.64. The van der Waals surface area contributed by atoms with Gasteiger partial charge in [-0.15, -0.1) is 0 Å². The summed E-state index contributed by atoms with van der Waals surface area (Å²) >= 11 is 0. The Hall–Kier alpha value is -4.01. The second kappa shape index (κ2) is 8.33. The SMILES string of the molecule is CC[C@H]1CN(C(=O)C2(C#N)CC2)C[C@H]1Nc1c(C(N)=O)cnn2cc(-c3cnn(C(F)F)c3)cc12. The molecule has 0 unspecified atom stereocenters. The number of fused-ring (bicyclic) bond motifs is 1. The molecule has 10 nitrogen and oxygen atoms in total. The van der Waals surface area contributed by atoms with Crippen LogP contribution in [0.5, 0.6) is 0 Å². The number of likely N-dealkylation sites (tertiary alicyclic amines) is 1. The van der Waals surface area contributed by atoms with Crippen LogP contribution < -0.4 is 11.1 Å². The average Bonchev–Trinajstić information content (AvgIpc) is 3.19. The molecule has 1 saturated heterocycles. The maximum Gasteiger partial charge on any atom is 0.333 e. The van der Waals surface area contributed by atoms with Crippen molar-refractivity contribution in [1.29, 1.82) is 5.26 Å². The van der Waals surface area contributed by atoms with Crippen molar-refractivity contribution in [1.82, 2.24) is 24.3 Å². The molecular formula is C23H24F2N8O2. The highest BCUT2D eigenvalue weighted by Crippen LogP contribution is 2.47. The maximum atomic E-state index is 13.0. The van der Waals surface area contributed by atoms with Crippen molar-refractivity contribution in [2.45, 2.75) is 38.8 Å². The van der Waals surface area contributed by atoms with Crippen molar-refractivity contribution < 1.29 is 18.4 Å². The van der Waals surface area contributed by atoms with Gasteiger partial charge in [-0.05, 0) is 31.2 Å². The van der Waals surface area contributed by atoms with Crippen LogP contribution in [0.1, 0.15) is 43.1 Å². The lowest BCUT2D eigenvalue weighted by Crippen LogP contribution is -2.36. The molecule has 1 saturated carbocycles. The first kappa shape index (κ1) is 22.8. The lowest BCUT2D eigenvalue weighted by molar-refractivity contribution is -0.134. The van der Waals surface area contributed by atoms with Crippen molar-refractivity contribution in [3.63, 3.8) is 0 Å². The number of aromatic nitrogens is 4. The smallest absolute Gasteiger partial charge is 0.333 e. The molecule has 2 amide bonds. The highest BCUT2D eigenvalue weighted by atomic mass is 19.3. The van der Waals surface area contributed by atoms with Crippen LogP contribution in [0, 0.1) is 22.7 Å². The number of anilines is 1. The summed E-state index contributed by atoms with van der Waals surface area (Å²) in [4.78, 5) is 26.9. The summed E-state index contributed by atoms with van der Waals surface area (Å²) in [7, 11) is 0. The number of primary amides is 1. The van der Waals surface area contributed by atoms with E-state index in [9.17, 15) is 23.6 Å². The van der Waals surface area contributed by atoms with Gasteiger partial charge in [-0.1, -0.05) is 6.92 Å². The van der Waals surface area contributed by atoms with E-state index in [2.05, 4.69) is 21.6 Å². The van der Waals surface area contributed by atoms with Crippen molar-refractivity contribution in [2.24, 2.45) is 17.1 Å². The van der Waals surface area contributed by atoms with Gasteiger partial charge >= 0.3 is 6.55 Å². The fraction of sp³-hybridized carbons (Fsp3) is 0.435. The molecule has 0 spiro atoms. The molecule has 3 aromatic heterocycles. The molecular weight excluding hydrogens is 458 g/mol. The number of amides is 2. The van der Waals surface area contributed by atoms with Crippen molar-refractivity contribution >= 4 is 23.0 Å². The Labute approximate surface area is 199 Å². The molecule has 12 heteroatoms. The number of rotatable bonds is 7. The predicted molar refractivity (Wildman–Crippen MR) is 121 cm³/mol. The third-order valence-electron chi connectivity index (χ3n) is 6.99. The summed E-state index contributed by atoms with van der Waals surface area (Å²) in [5.41, 5.74) is 6.98. The van der Waals surface area contributed by atoms with Gasteiger partial charge in [0.15, 0.2) is 0 Å². The van der Waals surface area contributed by atoms with E-state index in [1.807, 2.05) is 6.92 Å². The second-order valence-corrected chi connectivity index (χ2v) is 9.17. The van der Waals surface area contributed by atoms with Crippen LogP contribution in [0.4, 0.5) is 14.5 Å². The van der Waals surface area contributed by atoms with E-state index in [0.717, 1.165) is 6.42 Å². The van der Waals surface area contributed by atoms with Gasteiger partial charge in [-0.25, -0.2) is 9.20 Å². The van der Waals surface area contributed by atoms with Gasteiger partial charge in [0.2, 0.25) is 5.91 Å². The largest absolute Gasteiger partial charge is 0.378 e. The zero-order chi connectivity index (χ0) is 24.9. The second-order valence-electron chi connectivity index (χ2n) is 9.17.